The van der Waals surface area contributed by atoms with Gasteiger partial charge in [-0.1, -0.05) is 0 Å². The van der Waals surface area contributed by atoms with Crippen molar-refractivity contribution in [2.45, 2.75) is 19.5 Å². The van der Waals surface area contributed by atoms with E-state index in [1.165, 1.54) is 0 Å². The highest BCUT2D eigenvalue weighted by molar-refractivity contribution is 4.65. The number of nitrogens with zero attached hydrogens (tertiary/aromatic N) is 4. The molecule has 0 saturated carbocycles. The van der Waals surface area contributed by atoms with Gasteiger partial charge in [0.1, 0.15) is 24.8 Å². The van der Waals surface area contributed by atoms with Gasteiger partial charge in [-0.2, -0.15) is 0 Å². The Bertz CT molecular complexity index is 387. The molecule has 0 atom stereocenters. The fourth-order valence-electron chi connectivity index (χ4n) is 1.70. The van der Waals surface area contributed by atoms with Gasteiger partial charge in [-0.3, -0.25) is 0 Å². The zero-order valence-electron chi connectivity index (χ0n) is 9.37. The fraction of sp³-hybridized carbons (Fsp3) is 0.455. The second-order valence-corrected chi connectivity index (χ2v) is 3.99. The molecule has 0 aliphatic heterocycles. The predicted molar refractivity (Wildman–Crippen MR) is 55.8 cm³/mol. The standard InChI is InChI=1S/C11H18N4/c1-12-6-8-14(10-12)4-3-5-15-9-7-13(2)11-15/h6-11H,3-5H2,1-2H3/q+2. The molecule has 0 aliphatic carbocycles. The van der Waals surface area contributed by atoms with E-state index in [0.29, 0.717) is 0 Å². The number of hydrogen-bond acceptors (Lipinski definition) is 0. The van der Waals surface area contributed by atoms with Crippen LogP contribution in [0, 0.1) is 0 Å². The second kappa shape index (κ2) is 4.29. The number of hydrogen-bond donors (Lipinski definition) is 0. The Balaban J connectivity index is 1.80. The zero-order valence-corrected chi connectivity index (χ0v) is 9.37. The molecule has 2 rings (SSSR count). The first kappa shape index (κ1) is 9.96. The van der Waals surface area contributed by atoms with Crippen molar-refractivity contribution in [2.75, 3.05) is 0 Å². The SMILES string of the molecule is Cn1cc[n+](CCCn2cc[n+](C)c2)c1. The van der Waals surface area contributed by atoms with Crippen molar-refractivity contribution in [2.24, 2.45) is 14.1 Å². The molecule has 0 spiro atoms. The summed E-state index contributed by atoms with van der Waals surface area (Å²) in [7, 11) is 4.09. The van der Waals surface area contributed by atoms with Crippen LogP contribution in [0.3, 0.4) is 0 Å². The molecule has 0 unspecified atom stereocenters. The lowest BCUT2D eigenvalue weighted by atomic mass is 10.4. The van der Waals surface area contributed by atoms with Gasteiger partial charge in [0.2, 0.25) is 12.7 Å². The van der Waals surface area contributed by atoms with Gasteiger partial charge in [-0.05, 0) is 0 Å². The van der Waals surface area contributed by atoms with Crippen LogP contribution < -0.4 is 9.13 Å². The van der Waals surface area contributed by atoms with E-state index in [0.717, 1.165) is 19.5 Å². The Morgan fingerprint density at radius 1 is 1.13 bits per heavy atom. The molecule has 2 heterocycles. The molecule has 0 bridgehead atoms. The van der Waals surface area contributed by atoms with E-state index in [1.807, 2.05) is 14.1 Å². The van der Waals surface area contributed by atoms with Crippen LogP contribution in [0.25, 0.3) is 0 Å². The molecular weight excluding hydrogens is 188 g/mol. The molecule has 0 N–H and O–H groups in total. The van der Waals surface area contributed by atoms with Crippen molar-refractivity contribution in [3.63, 3.8) is 0 Å². The third-order valence-corrected chi connectivity index (χ3v) is 2.48. The summed E-state index contributed by atoms with van der Waals surface area (Å²) in [5.74, 6) is 0. The number of aromatic nitrogens is 4. The first-order chi connectivity index (χ1) is 7.24. The Labute approximate surface area is 90.0 Å². The van der Waals surface area contributed by atoms with Gasteiger partial charge < -0.3 is 0 Å². The van der Waals surface area contributed by atoms with E-state index in [9.17, 15) is 0 Å². The van der Waals surface area contributed by atoms with E-state index in [4.69, 9.17) is 0 Å². The summed E-state index contributed by atoms with van der Waals surface area (Å²) in [6.45, 7) is 2.14. The monoisotopic (exact) mass is 206 g/mol. The Kier molecular flexibility index (Phi) is 2.85. The van der Waals surface area contributed by atoms with Crippen LogP contribution >= 0.6 is 0 Å². The minimum atomic E-state index is 1.07. The van der Waals surface area contributed by atoms with Crippen molar-refractivity contribution >= 4 is 0 Å². The van der Waals surface area contributed by atoms with Crippen LogP contribution in [0.5, 0.6) is 0 Å². The van der Waals surface area contributed by atoms with Crippen LogP contribution in [-0.4, -0.2) is 9.13 Å². The molecule has 2 aromatic rings. The summed E-state index contributed by atoms with van der Waals surface area (Å²) in [5, 5.41) is 0. The maximum atomic E-state index is 2.21. The molecule has 0 aliphatic rings. The molecule has 0 fully saturated rings. The summed E-state index contributed by atoms with van der Waals surface area (Å²) < 4.78 is 8.55. The van der Waals surface area contributed by atoms with Gasteiger partial charge in [-0.25, -0.2) is 18.3 Å². The van der Waals surface area contributed by atoms with Crippen molar-refractivity contribution < 1.29 is 9.13 Å². The molecule has 80 valence electrons. The molecule has 0 aromatic carbocycles. The first-order valence-corrected chi connectivity index (χ1v) is 5.26. The molecule has 2 aromatic heterocycles. The van der Waals surface area contributed by atoms with Gasteiger partial charge >= 0.3 is 0 Å². The number of rotatable bonds is 4. The average molecular weight is 206 g/mol. The summed E-state index contributed by atoms with van der Waals surface area (Å²) in [6.07, 6.45) is 13.7. The third-order valence-electron chi connectivity index (χ3n) is 2.48. The van der Waals surface area contributed by atoms with E-state index in [1.54, 1.807) is 0 Å². The van der Waals surface area contributed by atoms with Crippen molar-refractivity contribution in [3.8, 4) is 0 Å². The molecule has 0 saturated heterocycles. The normalized spacial score (nSPS) is 10.8. The highest BCUT2D eigenvalue weighted by atomic mass is 15.1. The first-order valence-electron chi connectivity index (χ1n) is 5.26. The van der Waals surface area contributed by atoms with E-state index >= 15 is 0 Å². The quantitative estimate of drug-likeness (QED) is 0.628. The van der Waals surface area contributed by atoms with Gasteiger partial charge in [0.25, 0.3) is 0 Å². The number of aryl methyl sites for hydroxylation is 4. The average Bonchev–Trinajstić information content (AvgIpc) is 2.76. The van der Waals surface area contributed by atoms with E-state index < -0.39 is 0 Å². The lowest BCUT2D eigenvalue weighted by molar-refractivity contribution is -0.697. The van der Waals surface area contributed by atoms with Crippen molar-refractivity contribution in [1.82, 2.24) is 9.13 Å². The van der Waals surface area contributed by atoms with E-state index in [2.05, 4.69) is 55.7 Å². The number of imidazole rings is 2. The Morgan fingerprint density at radius 3 is 2.60 bits per heavy atom. The van der Waals surface area contributed by atoms with E-state index in [-0.39, 0.29) is 0 Å². The summed E-state index contributed by atoms with van der Waals surface area (Å²) in [6, 6.07) is 0. The van der Waals surface area contributed by atoms with Crippen LogP contribution in [0.15, 0.2) is 37.4 Å². The van der Waals surface area contributed by atoms with Crippen LogP contribution in [0.1, 0.15) is 6.42 Å². The predicted octanol–water partition coefficient (Wildman–Crippen LogP) is 0.0289. The molecule has 4 nitrogen and oxygen atoms in total. The lowest BCUT2D eigenvalue weighted by Gasteiger charge is -1.94. The second-order valence-electron chi connectivity index (χ2n) is 3.99. The van der Waals surface area contributed by atoms with Crippen molar-refractivity contribution in [3.05, 3.63) is 37.4 Å². The minimum Gasteiger partial charge on any atom is -0.240 e. The fourth-order valence-corrected chi connectivity index (χ4v) is 1.70. The highest BCUT2D eigenvalue weighted by Crippen LogP contribution is 1.89. The highest BCUT2D eigenvalue weighted by Gasteiger charge is 2.02. The van der Waals surface area contributed by atoms with Crippen molar-refractivity contribution in [1.29, 1.82) is 0 Å². The molecule has 0 amide bonds. The topological polar surface area (TPSA) is 17.6 Å². The third kappa shape index (κ3) is 2.68. The molecule has 4 heteroatoms. The maximum absolute atomic E-state index is 2.21. The Hall–Kier alpha value is -1.58. The maximum Gasteiger partial charge on any atom is 0.243 e. The van der Waals surface area contributed by atoms with Gasteiger partial charge in [-0.15, -0.1) is 0 Å². The lowest BCUT2D eigenvalue weighted by Crippen LogP contribution is -2.31. The Morgan fingerprint density at radius 2 is 2.00 bits per heavy atom. The van der Waals surface area contributed by atoms with Gasteiger partial charge in [0, 0.05) is 6.42 Å². The summed E-state index contributed by atoms with van der Waals surface area (Å²) in [5.41, 5.74) is 0. The largest absolute Gasteiger partial charge is 0.243 e. The smallest absolute Gasteiger partial charge is 0.240 e. The molecule has 15 heavy (non-hydrogen) atoms. The van der Waals surface area contributed by atoms with Crippen LogP contribution in [-0.2, 0) is 27.2 Å². The van der Waals surface area contributed by atoms with Gasteiger partial charge in [0.05, 0.1) is 27.2 Å². The molecule has 0 radical (unpaired) electrons. The molecular formula is C11H18N4+2. The summed E-state index contributed by atoms with van der Waals surface area (Å²) >= 11 is 0. The van der Waals surface area contributed by atoms with Crippen LogP contribution in [0.4, 0.5) is 0 Å². The summed E-state index contributed by atoms with van der Waals surface area (Å²) in [4.78, 5) is 0. The minimum absolute atomic E-state index is 1.07. The van der Waals surface area contributed by atoms with Crippen LogP contribution in [0.2, 0.25) is 0 Å². The zero-order chi connectivity index (χ0) is 10.7. The van der Waals surface area contributed by atoms with Gasteiger partial charge in [0.15, 0.2) is 0 Å².